The maximum Gasteiger partial charge on any atom is 0.0981 e. The van der Waals surface area contributed by atoms with E-state index in [0.717, 1.165) is 12.8 Å². The lowest BCUT2D eigenvalue weighted by Gasteiger charge is -2.19. The molecular formula is C9H17N5. The van der Waals surface area contributed by atoms with E-state index in [1.165, 1.54) is 0 Å². The van der Waals surface area contributed by atoms with Crippen molar-refractivity contribution in [2.45, 2.75) is 32.7 Å². The van der Waals surface area contributed by atoms with Crippen molar-refractivity contribution in [1.29, 1.82) is 5.26 Å². The minimum absolute atomic E-state index is 0.126. The Hall–Kier alpha value is -1.24. The molecule has 0 aliphatic carbocycles. The molecular weight excluding hydrogens is 178 g/mol. The maximum atomic E-state index is 8.90. The SMILES string of the molecule is CCC(CC)C(C#N)NCCN=[N+]=[N-]. The van der Waals surface area contributed by atoms with Gasteiger partial charge in [-0.3, -0.25) is 0 Å². The van der Waals surface area contributed by atoms with Gasteiger partial charge in [-0.05, 0) is 11.4 Å². The molecule has 0 amide bonds. The van der Waals surface area contributed by atoms with Crippen LogP contribution >= 0.6 is 0 Å². The molecule has 0 aromatic carbocycles. The summed E-state index contributed by atoms with van der Waals surface area (Å²) in [7, 11) is 0. The monoisotopic (exact) mass is 195 g/mol. The normalized spacial score (nSPS) is 11.9. The number of nitrogens with one attached hydrogen (secondary N) is 1. The zero-order valence-electron chi connectivity index (χ0n) is 8.77. The Labute approximate surface area is 84.7 Å². The van der Waals surface area contributed by atoms with Crippen molar-refractivity contribution in [3.8, 4) is 6.07 Å². The van der Waals surface area contributed by atoms with Gasteiger partial charge in [0, 0.05) is 18.0 Å². The van der Waals surface area contributed by atoms with Crippen LogP contribution in [0.1, 0.15) is 26.7 Å². The fourth-order valence-corrected chi connectivity index (χ4v) is 1.39. The average molecular weight is 195 g/mol. The highest BCUT2D eigenvalue weighted by molar-refractivity contribution is 4.94. The predicted octanol–water partition coefficient (Wildman–Crippen LogP) is 2.21. The van der Waals surface area contributed by atoms with Gasteiger partial charge in [-0.25, -0.2) is 0 Å². The molecule has 0 heterocycles. The van der Waals surface area contributed by atoms with E-state index >= 15 is 0 Å². The van der Waals surface area contributed by atoms with E-state index in [1.54, 1.807) is 0 Å². The Balaban J connectivity index is 3.90. The summed E-state index contributed by atoms with van der Waals surface area (Å²) < 4.78 is 0. The third-order valence-electron chi connectivity index (χ3n) is 2.30. The Morgan fingerprint density at radius 3 is 2.57 bits per heavy atom. The van der Waals surface area contributed by atoms with E-state index < -0.39 is 0 Å². The van der Waals surface area contributed by atoms with Gasteiger partial charge in [-0.1, -0.05) is 31.8 Å². The maximum absolute atomic E-state index is 8.90. The fourth-order valence-electron chi connectivity index (χ4n) is 1.39. The van der Waals surface area contributed by atoms with Gasteiger partial charge >= 0.3 is 0 Å². The molecule has 0 aromatic rings. The van der Waals surface area contributed by atoms with Crippen molar-refractivity contribution in [3.63, 3.8) is 0 Å². The quantitative estimate of drug-likeness (QED) is 0.292. The number of azide groups is 1. The van der Waals surface area contributed by atoms with Gasteiger partial charge < -0.3 is 5.32 Å². The van der Waals surface area contributed by atoms with Gasteiger partial charge in [0.2, 0.25) is 0 Å². The molecule has 0 saturated heterocycles. The standard InChI is InChI=1S/C9H17N5/c1-3-8(4-2)9(7-10)12-5-6-13-14-11/h8-9,12H,3-6H2,1-2H3. The van der Waals surface area contributed by atoms with E-state index in [9.17, 15) is 0 Å². The summed E-state index contributed by atoms with van der Waals surface area (Å²) in [6.07, 6.45) is 1.98. The minimum Gasteiger partial charge on any atom is -0.302 e. The highest BCUT2D eigenvalue weighted by Crippen LogP contribution is 2.12. The first-order valence-corrected chi connectivity index (χ1v) is 4.93. The lowest BCUT2D eigenvalue weighted by atomic mass is 9.95. The van der Waals surface area contributed by atoms with Crippen LogP contribution in [0.2, 0.25) is 0 Å². The zero-order valence-corrected chi connectivity index (χ0v) is 8.77. The second kappa shape index (κ2) is 8.36. The Bertz CT molecular complexity index is 222. The Morgan fingerprint density at radius 2 is 2.14 bits per heavy atom. The van der Waals surface area contributed by atoms with Crippen LogP contribution in [-0.2, 0) is 0 Å². The lowest BCUT2D eigenvalue weighted by Crippen LogP contribution is -2.36. The summed E-state index contributed by atoms with van der Waals surface area (Å²) in [4.78, 5) is 2.65. The molecule has 0 rings (SSSR count). The van der Waals surface area contributed by atoms with Crippen molar-refractivity contribution in [3.05, 3.63) is 10.4 Å². The van der Waals surface area contributed by atoms with E-state index in [4.69, 9.17) is 10.8 Å². The van der Waals surface area contributed by atoms with E-state index in [0.29, 0.717) is 19.0 Å². The van der Waals surface area contributed by atoms with Crippen molar-refractivity contribution in [2.24, 2.45) is 11.0 Å². The lowest BCUT2D eigenvalue weighted by molar-refractivity contribution is 0.393. The topological polar surface area (TPSA) is 84.6 Å². The molecule has 1 atom stereocenters. The summed E-state index contributed by atoms with van der Waals surface area (Å²) in [6.45, 7) is 5.12. The minimum atomic E-state index is -0.126. The number of nitriles is 1. The molecule has 0 fully saturated rings. The molecule has 0 spiro atoms. The number of rotatable bonds is 7. The van der Waals surface area contributed by atoms with Gasteiger partial charge in [0.05, 0.1) is 12.1 Å². The van der Waals surface area contributed by atoms with Crippen molar-refractivity contribution < 1.29 is 0 Å². The van der Waals surface area contributed by atoms with Crippen LogP contribution in [-0.4, -0.2) is 19.1 Å². The molecule has 5 heteroatoms. The fraction of sp³-hybridized carbons (Fsp3) is 0.889. The van der Waals surface area contributed by atoms with E-state index in [2.05, 4.69) is 35.3 Å². The first-order chi connectivity index (χ1) is 6.79. The summed E-state index contributed by atoms with van der Waals surface area (Å²) in [5.41, 5.74) is 8.06. The summed E-state index contributed by atoms with van der Waals surface area (Å²) in [6, 6.07) is 2.11. The third kappa shape index (κ3) is 4.70. The first-order valence-electron chi connectivity index (χ1n) is 4.93. The van der Waals surface area contributed by atoms with Crippen molar-refractivity contribution in [2.75, 3.05) is 13.1 Å². The van der Waals surface area contributed by atoms with E-state index in [1.807, 2.05) is 0 Å². The number of hydrogen-bond donors (Lipinski definition) is 1. The molecule has 0 bridgehead atoms. The van der Waals surface area contributed by atoms with Crippen LogP contribution in [0.15, 0.2) is 5.11 Å². The second-order valence-corrected chi connectivity index (χ2v) is 3.09. The molecule has 1 unspecified atom stereocenters. The Kier molecular flexibility index (Phi) is 7.62. The largest absolute Gasteiger partial charge is 0.302 e. The van der Waals surface area contributed by atoms with Crippen LogP contribution in [0.3, 0.4) is 0 Å². The Morgan fingerprint density at radius 1 is 1.50 bits per heavy atom. The highest BCUT2D eigenvalue weighted by Gasteiger charge is 2.16. The zero-order chi connectivity index (χ0) is 10.8. The predicted molar refractivity (Wildman–Crippen MR) is 55.5 cm³/mol. The van der Waals surface area contributed by atoms with Crippen LogP contribution in [0.4, 0.5) is 0 Å². The third-order valence-corrected chi connectivity index (χ3v) is 2.30. The second-order valence-electron chi connectivity index (χ2n) is 3.09. The molecule has 0 radical (unpaired) electrons. The summed E-state index contributed by atoms with van der Waals surface area (Å²) in [5.74, 6) is 0.381. The van der Waals surface area contributed by atoms with Crippen molar-refractivity contribution in [1.82, 2.24) is 5.32 Å². The highest BCUT2D eigenvalue weighted by atomic mass is 15.1. The molecule has 0 aromatic heterocycles. The smallest absolute Gasteiger partial charge is 0.0981 e. The van der Waals surface area contributed by atoms with Crippen LogP contribution in [0, 0.1) is 17.2 Å². The molecule has 78 valence electrons. The molecule has 0 aliphatic heterocycles. The van der Waals surface area contributed by atoms with Gasteiger partial charge in [0.15, 0.2) is 0 Å². The van der Waals surface area contributed by atoms with Gasteiger partial charge in [-0.2, -0.15) is 5.26 Å². The van der Waals surface area contributed by atoms with Crippen molar-refractivity contribution >= 4 is 0 Å². The van der Waals surface area contributed by atoms with Crippen LogP contribution < -0.4 is 5.32 Å². The summed E-state index contributed by atoms with van der Waals surface area (Å²) in [5, 5.41) is 15.4. The molecule has 5 nitrogen and oxygen atoms in total. The molecule has 0 aliphatic rings. The van der Waals surface area contributed by atoms with Gasteiger partial charge in [-0.15, -0.1) is 0 Å². The number of nitrogens with zero attached hydrogens (tertiary/aromatic N) is 4. The van der Waals surface area contributed by atoms with Gasteiger partial charge in [0.1, 0.15) is 0 Å². The van der Waals surface area contributed by atoms with Gasteiger partial charge in [0.25, 0.3) is 0 Å². The first kappa shape index (κ1) is 12.8. The molecule has 14 heavy (non-hydrogen) atoms. The number of hydrogen-bond acceptors (Lipinski definition) is 3. The van der Waals surface area contributed by atoms with Crippen LogP contribution in [0.25, 0.3) is 10.4 Å². The average Bonchev–Trinajstić information content (AvgIpc) is 2.23. The van der Waals surface area contributed by atoms with Crippen LogP contribution in [0.5, 0.6) is 0 Å². The summed E-state index contributed by atoms with van der Waals surface area (Å²) >= 11 is 0. The van der Waals surface area contributed by atoms with E-state index in [-0.39, 0.29) is 6.04 Å². The molecule has 1 N–H and O–H groups in total. The molecule has 0 saturated carbocycles.